The molecule has 26 heavy (non-hydrogen) atoms. The van der Waals surface area contributed by atoms with Crippen molar-refractivity contribution >= 4 is 17.5 Å². The van der Waals surface area contributed by atoms with Crippen LogP contribution in [0.4, 0.5) is 5.69 Å². The van der Waals surface area contributed by atoms with E-state index in [-0.39, 0.29) is 13.0 Å². The van der Waals surface area contributed by atoms with Crippen LogP contribution < -0.4 is 20.1 Å². The average molecular weight is 362 g/mol. The maximum absolute atomic E-state index is 12.0. The number of benzene rings is 1. The van der Waals surface area contributed by atoms with Crippen molar-refractivity contribution in [2.75, 3.05) is 26.1 Å². The lowest BCUT2D eigenvalue weighted by atomic mass is 10.0. The van der Waals surface area contributed by atoms with E-state index < -0.39 is 17.4 Å². The van der Waals surface area contributed by atoms with Gasteiger partial charge in [0.05, 0.1) is 26.1 Å². The zero-order valence-corrected chi connectivity index (χ0v) is 14.9. The predicted octanol–water partition coefficient (Wildman–Crippen LogP) is 1.35. The summed E-state index contributed by atoms with van der Waals surface area (Å²) in [5, 5.41) is 15.2. The van der Waals surface area contributed by atoms with Crippen LogP contribution in [0.15, 0.2) is 41.0 Å². The van der Waals surface area contributed by atoms with E-state index in [1.165, 1.54) is 26.5 Å². The molecular weight excluding hydrogens is 340 g/mol. The Balaban J connectivity index is 1.90. The minimum absolute atomic E-state index is 0.105. The highest BCUT2D eigenvalue weighted by Crippen LogP contribution is 2.29. The second kappa shape index (κ2) is 8.39. The predicted molar refractivity (Wildman–Crippen MR) is 94.2 cm³/mol. The lowest BCUT2D eigenvalue weighted by molar-refractivity contribution is -0.136. The minimum Gasteiger partial charge on any atom is -0.493 e. The maximum atomic E-state index is 12.0. The Hall–Kier alpha value is -3.00. The van der Waals surface area contributed by atoms with Crippen LogP contribution >= 0.6 is 0 Å². The van der Waals surface area contributed by atoms with Crippen molar-refractivity contribution < 1.29 is 28.6 Å². The Labute approximate surface area is 151 Å². The van der Waals surface area contributed by atoms with Gasteiger partial charge in [-0.3, -0.25) is 9.59 Å². The molecule has 3 N–H and O–H groups in total. The SMILES string of the molecule is COc1ccc(NC(=O)C(=O)NCC(C)(O)Cc2ccco2)cc1OC. The molecule has 1 aromatic carbocycles. The first-order valence-corrected chi connectivity index (χ1v) is 7.90. The highest BCUT2D eigenvalue weighted by atomic mass is 16.5. The number of aliphatic hydroxyl groups is 1. The molecule has 0 bridgehead atoms. The molecule has 1 heterocycles. The molecule has 2 rings (SSSR count). The molecule has 0 spiro atoms. The number of nitrogens with one attached hydrogen (secondary N) is 2. The number of amides is 2. The summed E-state index contributed by atoms with van der Waals surface area (Å²) in [5.74, 6) is -0.208. The molecule has 0 saturated carbocycles. The van der Waals surface area contributed by atoms with E-state index in [0.717, 1.165) is 0 Å². The number of furan rings is 1. The van der Waals surface area contributed by atoms with Gasteiger partial charge in [0, 0.05) is 24.7 Å². The van der Waals surface area contributed by atoms with Gasteiger partial charge in [-0.2, -0.15) is 0 Å². The summed E-state index contributed by atoms with van der Waals surface area (Å²) < 4.78 is 15.4. The van der Waals surface area contributed by atoms with Gasteiger partial charge in [-0.1, -0.05) is 0 Å². The van der Waals surface area contributed by atoms with E-state index in [9.17, 15) is 14.7 Å². The standard InChI is InChI=1S/C18H22N2O6/c1-18(23,10-13-5-4-8-26-13)11-19-16(21)17(22)20-12-6-7-14(24-2)15(9-12)25-3/h4-9,23H,10-11H2,1-3H3,(H,19,21)(H,20,22). The van der Waals surface area contributed by atoms with Crippen molar-refractivity contribution in [1.82, 2.24) is 5.32 Å². The summed E-state index contributed by atoms with van der Waals surface area (Å²) in [4.78, 5) is 24.0. The molecule has 0 radical (unpaired) electrons. The van der Waals surface area contributed by atoms with E-state index in [2.05, 4.69) is 10.6 Å². The van der Waals surface area contributed by atoms with Crippen molar-refractivity contribution in [2.24, 2.45) is 0 Å². The molecular formula is C18H22N2O6. The summed E-state index contributed by atoms with van der Waals surface area (Å²) >= 11 is 0. The fraction of sp³-hybridized carbons (Fsp3) is 0.333. The number of hydrogen-bond donors (Lipinski definition) is 3. The van der Waals surface area contributed by atoms with Crippen LogP contribution in [0.2, 0.25) is 0 Å². The molecule has 0 aliphatic rings. The molecule has 0 saturated heterocycles. The van der Waals surface area contributed by atoms with Crippen LogP contribution in [0.25, 0.3) is 0 Å². The zero-order valence-electron chi connectivity index (χ0n) is 14.9. The Morgan fingerprint density at radius 2 is 1.88 bits per heavy atom. The number of ether oxygens (including phenoxy) is 2. The van der Waals surface area contributed by atoms with Gasteiger partial charge in [0.15, 0.2) is 11.5 Å². The summed E-state index contributed by atoms with van der Waals surface area (Å²) in [6.07, 6.45) is 1.71. The zero-order chi connectivity index (χ0) is 19.2. The van der Waals surface area contributed by atoms with Crippen molar-refractivity contribution in [3.8, 4) is 11.5 Å². The van der Waals surface area contributed by atoms with E-state index in [0.29, 0.717) is 22.9 Å². The van der Waals surface area contributed by atoms with E-state index in [4.69, 9.17) is 13.9 Å². The number of methoxy groups -OCH3 is 2. The number of rotatable bonds is 7. The molecule has 8 nitrogen and oxygen atoms in total. The largest absolute Gasteiger partial charge is 0.493 e. The summed E-state index contributed by atoms with van der Waals surface area (Å²) in [6.45, 7) is 1.44. The van der Waals surface area contributed by atoms with Crippen molar-refractivity contribution in [1.29, 1.82) is 0 Å². The molecule has 0 aliphatic carbocycles. The van der Waals surface area contributed by atoms with E-state index >= 15 is 0 Å². The number of anilines is 1. The maximum Gasteiger partial charge on any atom is 0.313 e. The molecule has 2 amide bonds. The Kier molecular flexibility index (Phi) is 6.24. The van der Waals surface area contributed by atoms with Gasteiger partial charge < -0.3 is 29.6 Å². The first-order valence-electron chi connectivity index (χ1n) is 7.90. The Morgan fingerprint density at radius 1 is 1.15 bits per heavy atom. The number of hydrogen-bond acceptors (Lipinski definition) is 6. The van der Waals surface area contributed by atoms with Crippen LogP contribution in [0.1, 0.15) is 12.7 Å². The highest BCUT2D eigenvalue weighted by Gasteiger charge is 2.25. The van der Waals surface area contributed by atoms with Crippen LogP contribution in [0.5, 0.6) is 11.5 Å². The van der Waals surface area contributed by atoms with Crippen molar-refractivity contribution in [2.45, 2.75) is 18.9 Å². The van der Waals surface area contributed by atoms with Gasteiger partial charge in [0.25, 0.3) is 0 Å². The second-order valence-corrected chi connectivity index (χ2v) is 5.96. The van der Waals surface area contributed by atoms with Crippen LogP contribution in [0.3, 0.4) is 0 Å². The van der Waals surface area contributed by atoms with Crippen LogP contribution in [-0.4, -0.2) is 43.3 Å². The Bertz CT molecular complexity index is 755. The Morgan fingerprint density at radius 3 is 2.50 bits per heavy atom. The second-order valence-electron chi connectivity index (χ2n) is 5.96. The van der Waals surface area contributed by atoms with Gasteiger partial charge in [0.2, 0.25) is 0 Å². The quantitative estimate of drug-likeness (QED) is 0.641. The molecule has 1 aromatic heterocycles. The summed E-state index contributed by atoms with van der Waals surface area (Å²) in [5.41, 5.74) is -0.873. The lowest BCUT2D eigenvalue weighted by Gasteiger charge is -2.22. The van der Waals surface area contributed by atoms with Gasteiger partial charge in [0.1, 0.15) is 5.76 Å². The molecule has 1 atom stereocenters. The topological polar surface area (TPSA) is 110 Å². The van der Waals surface area contributed by atoms with Gasteiger partial charge in [-0.15, -0.1) is 0 Å². The smallest absolute Gasteiger partial charge is 0.313 e. The van der Waals surface area contributed by atoms with Gasteiger partial charge in [-0.05, 0) is 31.2 Å². The third kappa shape index (κ3) is 5.25. The third-order valence-electron chi connectivity index (χ3n) is 3.61. The van der Waals surface area contributed by atoms with E-state index in [1.54, 1.807) is 31.2 Å². The molecule has 2 aromatic rings. The lowest BCUT2D eigenvalue weighted by Crippen LogP contribution is -2.45. The summed E-state index contributed by atoms with van der Waals surface area (Å²) in [6, 6.07) is 8.16. The monoisotopic (exact) mass is 362 g/mol. The number of carbonyl (C=O) groups excluding carboxylic acids is 2. The minimum atomic E-state index is -1.25. The number of carbonyl (C=O) groups is 2. The highest BCUT2D eigenvalue weighted by molar-refractivity contribution is 6.39. The van der Waals surface area contributed by atoms with Crippen LogP contribution in [0, 0.1) is 0 Å². The molecule has 1 unspecified atom stereocenters. The van der Waals surface area contributed by atoms with Gasteiger partial charge >= 0.3 is 11.8 Å². The molecule has 8 heteroatoms. The fourth-order valence-electron chi connectivity index (χ4n) is 2.30. The van der Waals surface area contributed by atoms with E-state index in [1.807, 2.05) is 0 Å². The first-order chi connectivity index (χ1) is 12.3. The van der Waals surface area contributed by atoms with Crippen molar-refractivity contribution in [3.63, 3.8) is 0 Å². The average Bonchev–Trinajstić information content (AvgIpc) is 3.11. The van der Waals surface area contributed by atoms with Gasteiger partial charge in [-0.25, -0.2) is 0 Å². The summed E-state index contributed by atoms with van der Waals surface area (Å²) in [7, 11) is 2.97. The third-order valence-corrected chi connectivity index (χ3v) is 3.61. The first kappa shape index (κ1) is 19.3. The molecule has 0 fully saturated rings. The fourth-order valence-corrected chi connectivity index (χ4v) is 2.30. The van der Waals surface area contributed by atoms with Crippen molar-refractivity contribution in [3.05, 3.63) is 42.4 Å². The molecule has 140 valence electrons. The normalized spacial score (nSPS) is 12.8. The molecule has 0 aliphatic heterocycles. The van der Waals surface area contributed by atoms with Crippen LogP contribution in [-0.2, 0) is 16.0 Å².